The number of phenols is 2. The van der Waals surface area contributed by atoms with Gasteiger partial charge in [0, 0.05) is 18.7 Å². The van der Waals surface area contributed by atoms with E-state index in [9.17, 15) is 9.90 Å². The average molecular weight is 248 g/mol. The molecule has 0 atom stereocenters. The van der Waals surface area contributed by atoms with Crippen LogP contribution in [0.1, 0.15) is 16.8 Å². The van der Waals surface area contributed by atoms with E-state index in [2.05, 4.69) is 16.7 Å². The summed E-state index contributed by atoms with van der Waals surface area (Å²) in [5, 5.41) is 24.5. The van der Waals surface area contributed by atoms with Crippen LogP contribution >= 0.6 is 0 Å². The van der Waals surface area contributed by atoms with E-state index in [0.717, 1.165) is 19.5 Å². The Bertz CT molecular complexity index is 483. The molecule has 18 heavy (non-hydrogen) atoms. The molecule has 2 rings (SSSR count). The second-order valence-corrected chi connectivity index (χ2v) is 4.20. The van der Waals surface area contributed by atoms with E-state index in [1.807, 2.05) is 0 Å². The van der Waals surface area contributed by atoms with Crippen molar-refractivity contribution >= 4 is 5.91 Å². The fourth-order valence-corrected chi connectivity index (χ4v) is 1.79. The monoisotopic (exact) mass is 248 g/mol. The van der Waals surface area contributed by atoms with Crippen LogP contribution in [0.2, 0.25) is 0 Å². The molecule has 96 valence electrons. The molecule has 0 spiro atoms. The first-order valence-electron chi connectivity index (χ1n) is 5.85. The second-order valence-electron chi connectivity index (χ2n) is 4.20. The molecular formula is C13H16N2O3. The zero-order chi connectivity index (χ0) is 13.0. The number of rotatable bonds is 3. The van der Waals surface area contributed by atoms with E-state index < -0.39 is 0 Å². The predicted molar refractivity (Wildman–Crippen MR) is 67.7 cm³/mol. The molecule has 1 amide bonds. The molecule has 0 saturated carbocycles. The molecule has 4 N–H and O–H groups in total. The van der Waals surface area contributed by atoms with Crippen molar-refractivity contribution in [3.8, 4) is 11.5 Å². The van der Waals surface area contributed by atoms with Crippen molar-refractivity contribution in [2.75, 3.05) is 19.6 Å². The van der Waals surface area contributed by atoms with Crippen LogP contribution in [-0.2, 0) is 0 Å². The van der Waals surface area contributed by atoms with E-state index >= 15 is 0 Å². The van der Waals surface area contributed by atoms with Crippen molar-refractivity contribution in [2.45, 2.75) is 6.42 Å². The number of carbonyl (C=O) groups is 1. The van der Waals surface area contributed by atoms with Gasteiger partial charge in [0.2, 0.25) is 0 Å². The smallest absolute Gasteiger partial charge is 0.251 e. The fourth-order valence-electron chi connectivity index (χ4n) is 1.79. The summed E-state index contributed by atoms with van der Waals surface area (Å²) in [5.41, 5.74) is 1.53. The minimum atomic E-state index is -0.288. The van der Waals surface area contributed by atoms with Crippen molar-refractivity contribution in [1.82, 2.24) is 10.6 Å². The van der Waals surface area contributed by atoms with Crippen LogP contribution in [0, 0.1) is 0 Å². The molecule has 1 aromatic rings. The number of amides is 1. The summed E-state index contributed by atoms with van der Waals surface area (Å²) < 4.78 is 0. The van der Waals surface area contributed by atoms with Gasteiger partial charge >= 0.3 is 0 Å². The van der Waals surface area contributed by atoms with Gasteiger partial charge in [-0.15, -0.1) is 0 Å². The molecule has 1 heterocycles. The lowest BCUT2D eigenvalue weighted by atomic mass is 10.1. The molecule has 1 aromatic carbocycles. The molecule has 0 bridgehead atoms. The van der Waals surface area contributed by atoms with E-state index in [4.69, 9.17) is 5.11 Å². The van der Waals surface area contributed by atoms with Crippen molar-refractivity contribution in [2.24, 2.45) is 0 Å². The molecular weight excluding hydrogens is 232 g/mol. The molecule has 0 aliphatic carbocycles. The molecule has 0 unspecified atom stereocenters. The van der Waals surface area contributed by atoms with Gasteiger partial charge in [-0.05, 0) is 31.2 Å². The van der Waals surface area contributed by atoms with Crippen LogP contribution in [0.5, 0.6) is 11.5 Å². The summed E-state index contributed by atoms with van der Waals surface area (Å²) in [6, 6.07) is 4.02. The third-order valence-electron chi connectivity index (χ3n) is 2.87. The number of aromatic hydroxyl groups is 2. The molecule has 0 aromatic heterocycles. The maximum absolute atomic E-state index is 11.8. The summed E-state index contributed by atoms with van der Waals surface area (Å²) in [7, 11) is 0. The van der Waals surface area contributed by atoms with Gasteiger partial charge in [0.25, 0.3) is 5.91 Å². The Morgan fingerprint density at radius 2 is 2.17 bits per heavy atom. The fraction of sp³-hybridized carbons (Fsp3) is 0.308. The van der Waals surface area contributed by atoms with Crippen LogP contribution in [0.15, 0.2) is 29.8 Å². The second kappa shape index (κ2) is 5.55. The first kappa shape index (κ1) is 12.4. The predicted octanol–water partition coefficient (Wildman–Crippen LogP) is 0.747. The van der Waals surface area contributed by atoms with Gasteiger partial charge in [-0.3, -0.25) is 4.79 Å². The molecule has 0 fully saturated rings. The molecule has 5 heteroatoms. The number of hydrogen-bond donors (Lipinski definition) is 4. The van der Waals surface area contributed by atoms with Gasteiger partial charge in [0.15, 0.2) is 11.5 Å². The van der Waals surface area contributed by atoms with Crippen LogP contribution < -0.4 is 10.6 Å². The summed E-state index contributed by atoms with van der Waals surface area (Å²) in [6.07, 6.45) is 3.00. The zero-order valence-electron chi connectivity index (χ0n) is 9.94. The lowest BCUT2D eigenvalue weighted by Crippen LogP contribution is -2.29. The van der Waals surface area contributed by atoms with Gasteiger partial charge in [0.05, 0.1) is 0 Å². The lowest BCUT2D eigenvalue weighted by Gasteiger charge is -2.14. The SMILES string of the molecule is O=C(NCC1=CCNCC1)c1ccc(O)c(O)c1. The minimum Gasteiger partial charge on any atom is -0.504 e. The number of carbonyl (C=O) groups excluding carboxylic acids is 1. The Morgan fingerprint density at radius 3 is 2.83 bits per heavy atom. The Kier molecular flexibility index (Phi) is 3.84. The molecule has 1 aliphatic rings. The van der Waals surface area contributed by atoms with Crippen LogP contribution in [0.4, 0.5) is 0 Å². The summed E-state index contributed by atoms with van der Waals surface area (Å²) >= 11 is 0. The lowest BCUT2D eigenvalue weighted by molar-refractivity contribution is 0.0956. The number of phenolic OH excluding ortho intramolecular Hbond substituents is 2. The zero-order valence-corrected chi connectivity index (χ0v) is 9.94. The van der Waals surface area contributed by atoms with Gasteiger partial charge in [0.1, 0.15) is 0 Å². The molecule has 0 radical (unpaired) electrons. The van der Waals surface area contributed by atoms with E-state index in [-0.39, 0.29) is 17.4 Å². The number of nitrogens with one attached hydrogen (secondary N) is 2. The Labute approximate surface area is 105 Å². The summed E-state index contributed by atoms with van der Waals surface area (Å²) in [5.74, 6) is -0.777. The third-order valence-corrected chi connectivity index (χ3v) is 2.87. The Hall–Kier alpha value is -2.01. The van der Waals surface area contributed by atoms with Gasteiger partial charge in [-0.1, -0.05) is 11.6 Å². The standard InChI is InChI=1S/C13H16N2O3/c16-11-2-1-10(7-12(11)17)13(18)15-8-9-3-5-14-6-4-9/h1-3,7,14,16-17H,4-6,8H2,(H,15,18). The van der Waals surface area contributed by atoms with Gasteiger partial charge < -0.3 is 20.8 Å². The quantitative estimate of drug-likeness (QED) is 0.470. The topological polar surface area (TPSA) is 81.6 Å². The normalized spacial score (nSPS) is 15.0. The molecule has 0 saturated heterocycles. The largest absolute Gasteiger partial charge is 0.504 e. The first-order chi connectivity index (χ1) is 8.66. The van der Waals surface area contributed by atoms with Crippen molar-refractivity contribution < 1.29 is 15.0 Å². The van der Waals surface area contributed by atoms with Crippen LogP contribution in [0.3, 0.4) is 0 Å². The molecule has 5 nitrogen and oxygen atoms in total. The van der Waals surface area contributed by atoms with Gasteiger partial charge in [-0.2, -0.15) is 0 Å². The van der Waals surface area contributed by atoms with Gasteiger partial charge in [-0.25, -0.2) is 0 Å². The summed E-state index contributed by atoms with van der Waals surface area (Å²) in [6.45, 7) is 2.29. The highest BCUT2D eigenvalue weighted by atomic mass is 16.3. The highest BCUT2D eigenvalue weighted by Gasteiger charge is 2.10. The highest BCUT2D eigenvalue weighted by molar-refractivity contribution is 5.94. The van der Waals surface area contributed by atoms with Crippen LogP contribution in [-0.4, -0.2) is 35.8 Å². The summed E-state index contributed by atoms with van der Waals surface area (Å²) in [4.78, 5) is 11.8. The number of benzene rings is 1. The van der Waals surface area contributed by atoms with E-state index in [1.54, 1.807) is 0 Å². The highest BCUT2D eigenvalue weighted by Crippen LogP contribution is 2.24. The van der Waals surface area contributed by atoms with E-state index in [1.165, 1.54) is 23.8 Å². The maximum atomic E-state index is 11.8. The third kappa shape index (κ3) is 3.01. The Morgan fingerprint density at radius 1 is 1.33 bits per heavy atom. The minimum absolute atomic E-state index is 0.229. The number of hydrogen-bond acceptors (Lipinski definition) is 4. The average Bonchev–Trinajstić information content (AvgIpc) is 2.40. The van der Waals surface area contributed by atoms with Crippen molar-refractivity contribution in [3.63, 3.8) is 0 Å². The first-order valence-corrected chi connectivity index (χ1v) is 5.85. The van der Waals surface area contributed by atoms with Crippen molar-refractivity contribution in [3.05, 3.63) is 35.4 Å². The Balaban J connectivity index is 1.95. The van der Waals surface area contributed by atoms with Crippen LogP contribution in [0.25, 0.3) is 0 Å². The maximum Gasteiger partial charge on any atom is 0.251 e. The van der Waals surface area contributed by atoms with Crippen molar-refractivity contribution in [1.29, 1.82) is 0 Å². The molecule has 1 aliphatic heterocycles. The van der Waals surface area contributed by atoms with E-state index in [0.29, 0.717) is 12.1 Å².